The van der Waals surface area contributed by atoms with Crippen molar-refractivity contribution in [2.45, 2.75) is 39.5 Å². The van der Waals surface area contributed by atoms with E-state index in [1.165, 1.54) is 0 Å². The second-order valence-electron chi connectivity index (χ2n) is 6.69. The molecule has 0 aromatic heterocycles. The van der Waals surface area contributed by atoms with Crippen molar-refractivity contribution in [1.82, 2.24) is 0 Å². The zero-order valence-corrected chi connectivity index (χ0v) is 14.6. The Kier molecular flexibility index (Phi) is 6.92. The van der Waals surface area contributed by atoms with Gasteiger partial charge in [-0.05, 0) is 12.3 Å². The molecule has 0 N–H and O–H groups in total. The molecular weight excluding hydrogens is 296 g/mol. The lowest BCUT2D eigenvalue weighted by Gasteiger charge is -2.15. The zero-order valence-electron chi connectivity index (χ0n) is 14.6. The highest BCUT2D eigenvalue weighted by Crippen LogP contribution is 2.22. The Labute approximate surface area is 144 Å². The van der Waals surface area contributed by atoms with E-state index in [1.54, 1.807) is 24.3 Å². The van der Waals surface area contributed by atoms with Gasteiger partial charge in [-0.3, -0.25) is 9.59 Å². The number of hydrogen-bond acceptors (Lipinski definition) is 2. The summed E-state index contributed by atoms with van der Waals surface area (Å²) in [5.41, 5.74) is 1.24. The van der Waals surface area contributed by atoms with E-state index in [4.69, 9.17) is 0 Å². The number of ketones is 2. The van der Waals surface area contributed by atoms with E-state index < -0.39 is 5.92 Å². The Morgan fingerprint density at radius 3 is 1.54 bits per heavy atom. The Morgan fingerprint density at radius 2 is 1.12 bits per heavy atom. The van der Waals surface area contributed by atoms with Crippen molar-refractivity contribution in [1.29, 1.82) is 0 Å². The highest BCUT2D eigenvalue weighted by atomic mass is 16.1. The summed E-state index contributed by atoms with van der Waals surface area (Å²) in [6, 6.07) is 18.3. The first-order valence-electron chi connectivity index (χ1n) is 8.78. The van der Waals surface area contributed by atoms with Crippen LogP contribution in [0.15, 0.2) is 60.7 Å². The molecule has 0 heterocycles. The molecular formula is C22H26O2. The minimum atomic E-state index is -0.582. The average molecular weight is 322 g/mol. The molecule has 0 atom stereocenters. The van der Waals surface area contributed by atoms with Gasteiger partial charge < -0.3 is 0 Å². The van der Waals surface area contributed by atoms with E-state index >= 15 is 0 Å². The van der Waals surface area contributed by atoms with Crippen LogP contribution in [0.1, 0.15) is 60.2 Å². The van der Waals surface area contributed by atoms with Gasteiger partial charge in [-0.2, -0.15) is 0 Å². The lowest BCUT2D eigenvalue weighted by atomic mass is 9.85. The third kappa shape index (κ3) is 5.16. The number of benzene rings is 2. The van der Waals surface area contributed by atoms with E-state index in [-0.39, 0.29) is 11.6 Å². The molecule has 126 valence electrons. The van der Waals surface area contributed by atoms with Crippen LogP contribution < -0.4 is 0 Å². The predicted molar refractivity (Wildman–Crippen MR) is 98.3 cm³/mol. The van der Waals surface area contributed by atoms with Gasteiger partial charge in [0, 0.05) is 11.1 Å². The Morgan fingerprint density at radius 1 is 0.708 bits per heavy atom. The molecule has 0 saturated heterocycles. The number of hydrogen-bond donors (Lipinski definition) is 0. The maximum atomic E-state index is 12.9. The van der Waals surface area contributed by atoms with Gasteiger partial charge in [0.25, 0.3) is 0 Å². The summed E-state index contributed by atoms with van der Waals surface area (Å²) < 4.78 is 0. The standard InChI is InChI=1S/C22H26O2/c1-17(2)11-9-10-16-20(21(23)18-12-5-3-6-13-18)22(24)19-14-7-4-8-15-19/h3-8,12-15,17,20H,9-11,16H2,1-2H3. The van der Waals surface area contributed by atoms with Crippen LogP contribution in [0.2, 0.25) is 0 Å². The number of carbonyl (C=O) groups is 2. The molecule has 0 amide bonds. The van der Waals surface area contributed by atoms with Gasteiger partial charge in [-0.25, -0.2) is 0 Å². The highest BCUT2D eigenvalue weighted by Gasteiger charge is 2.27. The van der Waals surface area contributed by atoms with Gasteiger partial charge in [0.1, 0.15) is 0 Å². The fraction of sp³-hybridized carbons (Fsp3) is 0.364. The first-order chi connectivity index (χ1) is 11.6. The highest BCUT2D eigenvalue weighted by molar-refractivity contribution is 6.16. The fourth-order valence-corrected chi connectivity index (χ4v) is 2.89. The molecule has 0 saturated carbocycles. The maximum Gasteiger partial charge on any atom is 0.173 e. The SMILES string of the molecule is CC(C)CCCCC(C(=O)c1ccccc1)C(=O)c1ccccc1. The average Bonchev–Trinajstić information content (AvgIpc) is 2.62. The van der Waals surface area contributed by atoms with Gasteiger partial charge in [0.2, 0.25) is 0 Å². The molecule has 0 aliphatic heterocycles. The van der Waals surface area contributed by atoms with Crippen molar-refractivity contribution < 1.29 is 9.59 Å². The monoisotopic (exact) mass is 322 g/mol. The molecule has 0 radical (unpaired) electrons. The van der Waals surface area contributed by atoms with Crippen LogP contribution in [0.4, 0.5) is 0 Å². The molecule has 2 rings (SSSR count). The van der Waals surface area contributed by atoms with Crippen molar-refractivity contribution in [2.75, 3.05) is 0 Å². The quantitative estimate of drug-likeness (QED) is 0.343. The predicted octanol–water partition coefficient (Wildman–Crippen LogP) is 5.58. The lowest BCUT2D eigenvalue weighted by Crippen LogP contribution is -2.24. The Balaban J connectivity index is 2.15. The summed E-state index contributed by atoms with van der Waals surface area (Å²) in [6.45, 7) is 4.39. The number of rotatable bonds is 9. The first-order valence-corrected chi connectivity index (χ1v) is 8.78. The fourth-order valence-electron chi connectivity index (χ4n) is 2.89. The third-order valence-electron chi connectivity index (χ3n) is 4.27. The summed E-state index contributed by atoms with van der Waals surface area (Å²) in [5.74, 6) is -0.0527. The Bertz CT molecular complexity index is 593. The van der Waals surface area contributed by atoms with Gasteiger partial charge in [0.15, 0.2) is 11.6 Å². The van der Waals surface area contributed by atoms with Gasteiger partial charge >= 0.3 is 0 Å². The molecule has 2 aromatic rings. The van der Waals surface area contributed by atoms with Crippen molar-refractivity contribution in [3.8, 4) is 0 Å². The third-order valence-corrected chi connectivity index (χ3v) is 4.27. The van der Waals surface area contributed by atoms with E-state index in [9.17, 15) is 9.59 Å². The molecule has 0 spiro atoms. The van der Waals surface area contributed by atoms with Crippen molar-refractivity contribution in [3.63, 3.8) is 0 Å². The second-order valence-corrected chi connectivity index (χ2v) is 6.69. The summed E-state index contributed by atoms with van der Waals surface area (Å²) in [4.78, 5) is 25.7. The molecule has 0 unspecified atom stereocenters. The summed E-state index contributed by atoms with van der Waals surface area (Å²) in [7, 11) is 0. The smallest absolute Gasteiger partial charge is 0.173 e. The van der Waals surface area contributed by atoms with Crippen LogP contribution in [-0.4, -0.2) is 11.6 Å². The van der Waals surface area contributed by atoms with Crippen LogP contribution in [0.3, 0.4) is 0 Å². The van der Waals surface area contributed by atoms with Gasteiger partial charge in [0.05, 0.1) is 5.92 Å². The van der Waals surface area contributed by atoms with Crippen LogP contribution in [0, 0.1) is 11.8 Å². The van der Waals surface area contributed by atoms with Crippen LogP contribution >= 0.6 is 0 Å². The largest absolute Gasteiger partial charge is 0.293 e. The summed E-state index contributed by atoms with van der Waals surface area (Å²) in [5, 5.41) is 0. The molecule has 2 aromatic carbocycles. The number of Topliss-reactive ketones (excluding diaryl/α,β-unsaturated/α-hetero) is 2. The molecule has 2 nitrogen and oxygen atoms in total. The van der Waals surface area contributed by atoms with E-state index in [2.05, 4.69) is 13.8 Å². The first kappa shape index (κ1) is 18.1. The topological polar surface area (TPSA) is 34.1 Å². The van der Waals surface area contributed by atoms with Crippen LogP contribution in [0.25, 0.3) is 0 Å². The van der Waals surface area contributed by atoms with E-state index in [0.717, 1.165) is 19.3 Å². The summed E-state index contributed by atoms with van der Waals surface area (Å²) >= 11 is 0. The second kappa shape index (κ2) is 9.17. The van der Waals surface area contributed by atoms with Crippen LogP contribution in [-0.2, 0) is 0 Å². The van der Waals surface area contributed by atoms with Crippen LogP contribution in [0.5, 0.6) is 0 Å². The zero-order chi connectivity index (χ0) is 17.4. The number of carbonyl (C=O) groups excluding carboxylic acids is 2. The molecule has 0 aliphatic rings. The summed E-state index contributed by atoms with van der Waals surface area (Å²) in [6.07, 6.45) is 3.71. The van der Waals surface area contributed by atoms with Gasteiger partial charge in [-0.1, -0.05) is 93.8 Å². The minimum Gasteiger partial charge on any atom is -0.293 e. The molecule has 2 heteroatoms. The maximum absolute atomic E-state index is 12.9. The lowest BCUT2D eigenvalue weighted by molar-refractivity contribution is 0.0797. The molecule has 0 fully saturated rings. The van der Waals surface area contributed by atoms with Gasteiger partial charge in [-0.15, -0.1) is 0 Å². The minimum absolute atomic E-state index is 0.0611. The Hall–Kier alpha value is -2.22. The normalized spacial score (nSPS) is 11.0. The molecule has 0 bridgehead atoms. The van der Waals surface area contributed by atoms with Crippen molar-refractivity contribution in [2.24, 2.45) is 11.8 Å². The number of unbranched alkanes of at least 4 members (excludes halogenated alkanes) is 1. The molecule has 0 aliphatic carbocycles. The van der Waals surface area contributed by atoms with E-state index in [0.29, 0.717) is 23.5 Å². The molecule has 24 heavy (non-hydrogen) atoms. The van der Waals surface area contributed by atoms with E-state index in [1.807, 2.05) is 36.4 Å². The van der Waals surface area contributed by atoms with Crippen molar-refractivity contribution in [3.05, 3.63) is 71.8 Å². The van der Waals surface area contributed by atoms with Crippen molar-refractivity contribution >= 4 is 11.6 Å².